The lowest BCUT2D eigenvalue weighted by molar-refractivity contribution is 0.268. The van der Waals surface area contributed by atoms with Crippen molar-refractivity contribution in [3.05, 3.63) is 0 Å². The molecular formula is C17H35N3. The molecule has 1 heterocycles. The van der Waals surface area contributed by atoms with E-state index in [9.17, 15) is 0 Å². The summed E-state index contributed by atoms with van der Waals surface area (Å²) in [4.78, 5) is 2.65. The molecule has 3 heteroatoms. The van der Waals surface area contributed by atoms with Crippen LogP contribution in [-0.4, -0.2) is 30.4 Å². The predicted molar refractivity (Wildman–Crippen MR) is 88.2 cm³/mol. The molecule has 0 aromatic rings. The van der Waals surface area contributed by atoms with Gasteiger partial charge in [0.25, 0.3) is 0 Å². The number of unbranched alkanes of at least 4 members (excludes halogenated alkanes) is 1. The van der Waals surface area contributed by atoms with Gasteiger partial charge < -0.3 is 10.6 Å². The monoisotopic (exact) mass is 281 g/mol. The van der Waals surface area contributed by atoms with Crippen molar-refractivity contribution in [1.82, 2.24) is 4.90 Å². The number of hydrogen-bond donors (Lipinski definition) is 2. The van der Waals surface area contributed by atoms with Crippen molar-refractivity contribution in [2.45, 2.75) is 72.1 Å². The van der Waals surface area contributed by atoms with Gasteiger partial charge in [-0.3, -0.25) is 5.41 Å². The molecule has 3 nitrogen and oxygen atoms in total. The summed E-state index contributed by atoms with van der Waals surface area (Å²) in [5.74, 6) is 1.30. The quantitative estimate of drug-likeness (QED) is 0.401. The Morgan fingerprint density at radius 1 is 1.25 bits per heavy atom. The number of nitrogens with two attached hydrogens (primary N) is 1. The zero-order valence-corrected chi connectivity index (χ0v) is 13.9. The molecule has 0 aliphatic carbocycles. The van der Waals surface area contributed by atoms with E-state index in [1.54, 1.807) is 0 Å². The minimum atomic E-state index is -0.120. The first kappa shape index (κ1) is 17.5. The Hall–Kier alpha value is -0.570. The Balaban J connectivity index is 2.18. The Bertz CT molecular complexity index is 286. The van der Waals surface area contributed by atoms with Crippen LogP contribution < -0.4 is 5.73 Å². The zero-order chi connectivity index (χ0) is 15.0. The fourth-order valence-corrected chi connectivity index (χ4v) is 3.18. The van der Waals surface area contributed by atoms with E-state index in [0.717, 1.165) is 12.3 Å². The topological polar surface area (TPSA) is 53.1 Å². The molecule has 1 fully saturated rings. The molecule has 20 heavy (non-hydrogen) atoms. The average molecular weight is 281 g/mol. The van der Waals surface area contributed by atoms with Crippen molar-refractivity contribution < 1.29 is 0 Å². The molecule has 3 N–H and O–H groups in total. The summed E-state index contributed by atoms with van der Waals surface area (Å²) >= 11 is 0. The predicted octanol–water partition coefficient (Wildman–Crippen LogP) is 4.02. The van der Waals surface area contributed by atoms with Crippen LogP contribution >= 0.6 is 0 Å². The van der Waals surface area contributed by atoms with Crippen LogP contribution in [0, 0.1) is 16.7 Å². The van der Waals surface area contributed by atoms with Crippen LogP contribution in [0.5, 0.6) is 0 Å². The molecule has 0 saturated carbocycles. The Kier molecular flexibility index (Phi) is 7.57. The van der Waals surface area contributed by atoms with Gasteiger partial charge in [-0.1, -0.05) is 40.0 Å². The SMILES string of the molecule is CCCC1CCCN(CCCCC(C)(C)C(=N)N)CC1. The molecule has 1 aliphatic rings. The lowest BCUT2D eigenvalue weighted by atomic mass is 9.86. The molecule has 0 amide bonds. The van der Waals surface area contributed by atoms with Crippen molar-refractivity contribution in [3.63, 3.8) is 0 Å². The normalized spacial score (nSPS) is 21.6. The number of nitrogens with one attached hydrogen (secondary N) is 1. The van der Waals surface area contributed by atoms with E-state index in [2.05, 4.69) is 25.7 Å². The van der Waals surface area contributed by atoms with Crippen LogP contribution in [0.3, 0.4) is 0 Å². The lowest BCUT2D eigenvalue weighted by Gasteiger charge is -2.24. The number of rotatable bonds is 8. The summed E-state index contributed by atoms with van der Waals surface area (Å²) in [6, 6.07) is 0. The van der Waals surface area contributed by atoms with Gasteiger partial charge in [-0.25, -0.2) is 0 Å². The van der Waals surface area contributed by atoms with E-state index in [4.69, 9.17) is 11.1 Å². The highest BCUT2D eigenvalue weighted by atomic mass is 15.1. The van der Waals surface area contributed by atoms with E-state index in [0.29, 0.717) is 5.84 Å². The molecule has 0 aromatic carbocycles. The van der Waals surface area contributed by atoms with Gasteiger partial charge >= 0.3 is 0 Å². The van der Waals surface area contributed by atoms with Crippen LogP contribution in [0.4, 0.5) is 0 Å². The highest BCUT2D eigenvalue weighted by Gasteiger charge is 2.21. The molecule has 0 spiro atoms. The van der Waals surface area contributed by atoms with E-state index in [1.807, 2.05) is 0 Å². The van der Waals surface area contributed by atoms with Crippen molar-refractivity contribution in [2.24, 2.45) is 17.1 Å². The third-order valence-corrected chi connectivity index (χ3v) is 4.89. The molecule has 1 rings (SSSR count). The van der Waals surface area contributed by atoms with Gasteiger partial charge in [0.1, 0.15) is 0 Å². The molecule has 1 saturated heterocycles. The second-order valence-corrected chi connectivity index (χ2v) is 7.18. The minimum absolute atomic E-state index is 0.120. The Morgan fingerprint density at radius 2 is 2.00 bits per heavy atom. The van der Waals surface area contributed by atoms with Gasteiger partial charge in [0.2, 0.25) is 0 Å². The molecule has 0 aromatic heterocycles. The first-order valence-corrected chi connectivity index (χ1v) is 8.52. The fraction of sp³-hybridized carbons (Fsp3) is 0.941. The molecule has 0 radical (unpaired) electrons. The van der Waals surface area contributed by atoms with Crippen molar-refractivity contribution >= 4 is 5.84 Å². The van der Waals surface area contributed by atoms with E-state index in [-0.39, 0.29) is 5.41 Å². The van der Waals surface area contributed by atoms with E-state index < -0.39 is 0 Å². The van der Waals surface area contributed by atoms with Gasteiger partial charge in [-0.15, -0.1) is 0 Å². The largest absolute Gasteiger partial charge is 0.387 e. The van der Waals surface area contributed by atoms with Crippen molar-refractivity contribution in [1.29, 1.82) is 5.41 Å². The Labute approximate surface area is 125 Å². The smallest absolute Gasteiger partial charge is 0.0963 e. The molecule has 1 aliphatic heterocycles. The van der Waals surface area contributed by atoms with Gasteiger partial charge in [0.15, 0.2) is 0 Å². The van der Waals surface area contributed by atoms with Crippen LogP contribution in [0.25, 0.3) is 0 Å². The van der Waals surface area contributed by atoms with Crippen LogP contribution in [0.2, 0.25) is 0 Å². The number of likely N-dealkylation sites (tertiary alicyclic amines) is 1. The second-order valence-electron chi connectivity index (χ2n) is 7.18. The summed E-state index contributed by atoms with van der Waals surface area (Å²) in [6.45, 7) is 10.3. The summed E-state index contributed by atoms with van der Waals surface area (Å²) in [5.41, 5.74) is 5.51. The van der Waals surface area contributed by atoms with Gasteiger partial charge in [-0.2, -0.15) is 0 Å². The van der Waals surface area contributed by atoms with Crippen LogP contribution in [0.15, 0.2) is 0 Å². The maximum absolute atomic E-state index is 7.59. The highest BCUT2D eigenvalue weighted by Crippen LogP contribution is 2.24. The minimum Gasteiger partial charge on any atom is -0.387 e. The summed E-state index contributed by atoms with van der Waals surface area (Å²) in [6.07, 6.45) is 10.4. The third-order valence-electron chi connectivity index (χ3n) is 4.89. The molecule has 118 valence electrons. The van der Waals surface area contributed by atoms with E-state index in [1.165, 1.54) is 64.6 Å². The number of amidine groups is 1. The van der Waals surface area contributed by atoms with Gasteiger partial charge in [-0.05, 0) is 57.7 Å². The molecule has 1 atom stereocenters. The fourth-order valence-electron chi connectivity index (χ4n) is 3.18. The number of hydrogen-bond acceptors (Lipinski definition) is 2. The first-order valence-electron chi connectivity index (χ1n) is 8.52. The van der Waals surface area contributed by atoms with Crippen LogP contribution in [-0.2, 0) is 0 Å². The maximum Gasteiger partial charge on any atom is 0.0963 e. The molecular weight excluding hydrogens is 246 g/mol. The van der Waals surface area contributed by atoms with E-state index >= 15 is 0 Å². The van der Waals surface area contributed by atoms with Gasteiger partial charge in [0.05, 0.1) is 5.84 Å². The molecule has 0 bridgehead atoms. The van der Waals surface area contributed by atoms with Crippen LogP contribution in [0.1, 0.15) is 72.1 Å². The maximum atomic E-state index is 7.59. The first-order chi connectivity index (χ1) is 9.45. The second kappa shape index (κ2) is 8.66. The average Bonchev–Trinajstić information content (AvgIpc) is 2.61. The summed E-state index contributed by atoms with van der Waals surface area (Å²) in [7, 11) is 0. The van der Waals surface area contributed by atoms with Gasteiger partial charge in [0, 0.05) is 5.41 Å². The molecule has 1 unspecified atom stereocenters. The summed E-state index contributed by atoms with van der Waals surface area (Å²) in [5, 5.41) is 7.59. The zero-order valence-electron chi connectivity index (χ0n) is 13.9. The Morgan fingerprint density at radius 3 is 2.65 bits per heavy atom. The summed E-state index contributed by atoms with van der Waals surface area (Å²) < 4.78 is 0. The third kappa shape index (κ3) is 6.25. The highest BCUT2D eigenvalue weighted by molar-refractivity contribution is 5.82. The van der Waals surface area contributed by atoms with Crippen molar-refractivity contribution in [3.8, 4) is 0 Å². The van der Waals surface area contributed by atoms with Crippen molar-refractivity contribution in [2.75, 3.05) is 19.6 Å². The standard InChI is InChI=1S/C17H35N3/c1-4-8-15-9-7-13-20(14-10-15)12-6-5-11-17(2,3)16(18)19/h15H,4-14H2,1-3H3,(H3,18,19). The number of nitrogens with zero attached hydrogens (tertiary/aromatic N) is 1. The lowest BCUT2D eigenvalue weighted by Crippen LogP contribution is -2.31.